The van der Waals surface area contributed by atoms with Crippen molar-refractivity contribution in [1.29, 1.82) is 0 Å². The van der Waals surface area contributed by atoms with Gasteiger partial charge in [-0.3, -0.25) is 0 Å². The summed E-state index contributed by atoms with van der Waals surface area (Å²) in [6.07, 6.45) is 8.22. The molecule has 0 aromatic heterocycles. The van der Waals surface area contributed by atoms with Crippen LogP contribution < -0.4 is 5.32 Å². The topological polar surface area (TPSA) is 24.5 Å². The fraction of sp³-hybridized carbons (Fsp3) is 1.00. The summed E-state index contributed by atoms with van der Waals surface area (Å²) in [6, 6.07) is 0.670. The van der Waals surface area contributed by atoms with E-state index >= 15 is 0 Å². The quantitative estimate of drug-likeness (QED) is 0.811. The average Bonchev–Trinajstić information content (AvgIpc) is 2.68. The van der Waals surface area contributed by atoms with Crippen LogP contribution in [-0.2, 0) is 4.74 Å². The van der Waals surface area contributed by atoms with Crippen LogP contribution in [-0.4, -0.2) is 50.3 Å². The molecular weight excluding hydrogens is 248 g/mol. The van der Waals surface area contributed by atoms with Crippen molar-refractivity contribution >= 4 is 0 Å². The van der Waals surface area contributed by atoms with Crippen LogP contribution in [0.25, 0.3) is 0 Å². The zero-order valence-electron chi connectivity index (χ0n) is 13.6. The van der Waals surface area contributed by atoms with E-state index in [4.69, 9.17) is 4.74 Å². The number of hydrogen-bond acceptors (Lipinski definition) is 3. The first-order chi connectivity index (χ1) is 9.83. The highest BCUT2D eigenvalue weighted by atomic mass is 16.5. The molecule has 2 fully saturated rings. The fourth-order valence-corrected chi connectivity index (χ4v) is 3.94. The molecule has 3 atom stereocenters. The molecule has 3 heteroatoms. The third-order valence-electron chi connectivity index (χ3n) is 5.07. The Balaban J connectivity index is 1.79. The Labute approximate surface area is 125 Å². The van der Waals surface area contributed by atoms with Crippen molar-refractivity contribution in [2.24, 2.45) is 11.8 Å². The number of rotatable bonds is 6. The van der Waals surface area contributed by atoms with Crippen LogP contribution in [0.2, 0.25) is 0 Å². The molecule has 2 saturated heterocycles. The summed E-state index contributed by atoms with van der Waals surface area (Å²) in [6.45, 7) is 11.3. The van der Waals surface area contributed by atoms with Crippen molar-refractivity contribution in [3.05, 3.63) is 0 Å². The molecule has 0 aromatic carbocycles. The van der Waals surface area contributed by atoms with Gasteiger partial charge in [0.05, 0.1) is 6.61 Å². The van der Waals surface area contributed by atoms with E-state index in [1.165, 1.54) is 58.2 Å². The van der Waals surface area contributed by atoms with Gasteiger partial charge in [-0.1, -0.05) is 26.7 Å². The normalized spacial score (nSPS) is 33.0. The molecule has 2 aliphatic heterocycles. The van der Waals surface area contributed by atoms with Gasteiger partial charge < -0.3 is 15.0 Å². The number of likely N-dealkylation sites (tertiary alicyclic amines) is 1. The molecule has 1 N–H and O–H groups in total. The maximum absolute atomic E-state index is 5.72. The molecule has 118 valence electrons. The minimum atomic E-state index is 0.670. The number of nitrogens with zero attached hydrogens (tertiary/aromatic N) is 1. The highest BCUT2D eigenvalue weighted by Gasteiger charge is 2.27. The maximum Gasteiger partial charge on any atom is 0.0521 e. The Hall–Kier alpha value is -0.120. The van der Waals surface area contributed by atoms with Crippen molar-refractivity contribution in [3.63, 3.8) is 0 Å². The third-order valence-corrected chi connectivity index (χ3v) is 5.07. The first-order valence-corrected chi connectivity index (χ1v) is 8.87. The zero-order valence-corrected chi connectivity index (χ0v) is 13.6. The van der Waals surface area contributed by atoms with Crippen LogP contribution in [0, 0.1) is 11.8 Å². The smallest absolute Gasteiger partial charge is 0.0521 e. The second-order valence-electron chi connectivity index (χ2n) is 6.67. The largest absolute Gasteiger partial charge is 0.381 e. The van der Waals surface area contributed by atoms with E-state index in [1.54, 1.807) is 0 Å². The molecule has 2 heterocycles. The summed E-state index contributed by atoms with van der Waals surface area (Å²) in [5, 5.41) is 3.66. The second kappa shape index (κ2) is 9.01. The van der Waals surface area contributed by atoms with E-state index in [0.717, 1.165) is 25.7 Å². The highest BCUT2D eigenvalue weighted by molar-refractivity contribution is 4.83. The summed E-state index contributed by atoms with van der Waals surface area (Å²) in [4.78, 5) is 2.71. The van der Waals surface area contributed by atoms with Crippen LogP contribution in [0.1, 0.15) is 52.4 Å². The Morgan fingerprint density at radius 3 is 2.85 bits per heavy atom. The molecule has 3 nitrogen and oxygen atoms in total. The van der Waals surface area contributed by atoms with Crippen LogP contribution in [0.15, 0.2) is 0 Å². The minimum Gasteiger partial charge on any atom is -0.381 e. The first kappa shape index (κ1) is 16.3. The molecule has 0 saturated carbocycles. The van der Waals surface area contributed by atoms with Gasteiger partial charge in [-0.2, -0.15) is 0 Å². The van der Waals surface area contributed by atoms with Crippen molar-refractivity contribution in [1.82, 2.24) is 10.2 Å². The van der Waals surface area contributed by atoms with E-state index in [-0.39, 0.29) is 0 Å². The number of hydrogen-bond donors (Lipinski definition) is 1. The lowest BCUT2D eigenvalue weighted by molar-refractivity contribution is 0.0172. The Bertz CT molecular complexity index is 257. The molecule has 2 aliphatic rings. The average molecular weight is 282 g/mol. The molecule has 20 heavy (non-hydrogen) atoms. The van der Waals surface area contributed by atoms with E-state index in [0.29, 0.717) is 12.0 Å². The summed E-state index contributed by atoms with van der Waals surface area (Å²) >= 11 is 0. The highest BCUT2D eigenvalue weighted by Crippen LogP contribution is 2.24. The summed E-state index contributed by atoms with van der Waals surface area (Å²) < 4.78 is 5.72. The molecule has 2 rings (SSSR count). The van der Waals surface area contributed by atoms with E-state index in [9.17, 15) is 0 Å². The van der Waals surface area contributed by atoms with Crippen LogP contribution in [0.3, 0.4) is 0 Å². The SMILES string of the molecule is CCCC1CCCN(CC2COCCC2NCC)CC1. The summed E-state index contributed by atoms with van der Waals surface area (Å²) in [7, 11) is 0. The predicted molar refractivity (Wildman–Crippen MR) is 85.1 cm³/mol. The van der Waals surface area contributed by atoms with Gasteiger partial charge in [-0.15, -0.1) is 0 Å². The number of nitrogens with one attached hydrogen (secondary N) is 1. The third kappa shape index (κ3) is 5.01. The number of ether oxygens (including phenoxy) is 1. The Morgan fingerprint density at radius 2 is 2.05 bits per heavy atom. The van der Waals surface area contributed by atoms with Gasteiger partial charge in [-0.05, 0) is 51.2 Å². The van der Waals surface area contributed by atoms with Crippen LogP contribution in [0.4, 0.5) is 0 Å². The lowest BCUT2D eigenvalue weighted by Crippen LogP contribution is -2.47. The van der Waals surface area contributed by atoms with Crippen molar-refractivity contribution in [2.45, 2.75) is 58.4 Å². The minimum absolute atomic E-state index is 0.670. The monoisotopic (exact) mass is 282 g/mol. The van der Waals surface area contributed by atoms with Crippen molar-refractivity contribution < 1.29 is 4.74 Å². The predicted octanol–water partition coefficient (Wildman–Crippen LogP) is 2.90. The molecule has 0 aromatic rings. The van der Waals surface area contributed by atoms with E-state index in [1.807, 2.05) is 0 Å². The van der Waals surface area contributed by atoms with Gasteiger partial charge in [0.15, 0.2) is 0 Å². The molecule has 0 spiro atoms. The lowest BCUT2D eigenvalue weighted by atomic mass is 9.94. The summed E-state index contributed by atoms with van der Waals surface area (Å²) in [5.74, 6) is 1.67. The Kier molecular flexibility index (Phi) is 7.32. The zero-order chi connectivity index (χ0) is 14.2. The van der Waals surface area contributed by atoms with Gasteiger partial charge in [0.25, 0.3) is 0 Å². The molecule has 3 unspecified atom stereocenters. The maximum atomic E-state index is 5.72. The molecular formula is C17H34N2O. The fourth-order valence-electron chi connectivity index (χ4n) is 3.94. The van der Waals surface area contributed by atoms with Gasteiger partial charge in [0, 0.05) is 25.1 Å². The van der Waals surface area contributed by atoms with E-state index in [2.05, 4.69) is 24.1 Å². The molecule has 0 radical (unpaired) electrons. The van der Waals surface area contributed by atoms with Crippen molar-refractivity contribution in [3.8, 4) is 0 Å². The van der Waals surface area contributed by atoms with Gasteiger partial charge in [0.2, 0.25) is 0 Å². The molecule has 0 bridgehead atoms. The van der Waals surface area contributed by atoms with Gasteiger partial charge in [0.1, 0.15) is 0 Å². The van der Waals surface area contributed by atoms with Crippen LogP contribution in [0.5, 0.6) is 0 Å². The Morgan fingerprint density at radius 1 is 1.15 bits per heavy atom. The standard InChI is InChI=1S/C17H34N2O/c1-3-6-15-7-5-10-19(11-8-15)13-16-14-20-12-9-17(16)18-4-2/h15-18H,3-14H2,1-2H3. The van der Waals surface area contributed by atoms with Crippen molar-refractivity contribution in [2.75, 3.05) is 39.4 Å². The van der Waals surface area contributed by atoms with Gasteiger partial charge >= 0.3 is 0 Å². The molecule has 0 aliphatic carbocycles. The van der Waals surface area contributed by atoms with E-state index < -0.39 is 0 Å². The second-order valence-corrected chi connectivity index (χ2v) is 6.67. The van der Waals surface area contributed by atoms with Gasteiger partial charge in [-0.25, -0.2) is 0 Å². The summed E-state index contributed by atoms with van der Waals surface area (Å²) in [5.41, 5.74) is 0. The first-order valence-electron chi connectivity index (χ1n) is 8.87. The lowest BCUT2D eigenvalue weighted by Gasteiger charge is -2.35. The molecule has 0 amide bonds. The van der Waals surface area contributed by atoms with Crippen LogP contribution >= 0.6 is 0 Å².